The van der Waals surface area contributed by atoms with E-state index in [1.165, 1.54) is 0 Å². The second-order valence-electron chi connectivity index (χ2n) is 4.35. The summed E-state index contributed by atoms with van der Waals surface area (Å²) in [6.45, 7) is 0. The fraction of sp³-hybridized carbons (Fsp3) is 0.0667. The highest BCUT2D eigenvalue weighted by molar-refractivity contribution is 7.80. The highest BCUT2D eigenvalue weighted by Crippen LogP contribution is 2.14. The molecule has 0 radical (unpaired) electrons. The van der Waals surface area contributed by atoms with E-state index < -0.39 is 0 Å². The summed E-state index contributed by atoms with van der Waals surface area (Å²) < 4.78 is 5.07. The molecule has 2 rings (SSSR count). The number of amides is 1. The fourth-order valence-electron chi connectivity index (χ4n) is 1.72. The molecule has 0 aromatic heterocycles. The maximum absolute atomic E-state index is 11.9. The first kappa shape index (κ1) is 15.6. The van der Waals surface area contributed by atoms with Gasteiger partial charge in [-0.05, 0) is 48.6 Å². The van der Waals surface area contributed by atoms with E-state index in [1.807, 2.05) is 12.1 Å². The van der Waals surface area contributed by atoms with E-state index in [4.69, 9.17) is 22.7 Å². The Kier molecular flexibility index (Phi) is 5.16. The predicted octanol–water partition coefficient (Wildman–Crippen LogP) is 1.91. The number of para-hydroxylation sites is 1. The SMILES string of the molecule is COc1ccc(NC(=S)NNC(=O)c2ccccc2N)cc1. The van der Waals surface area contributed by atoms with E-state index in [0.717, 1.165) is 11.4 Å². The monoisotopic (exact) mass is 316 g/mol. The summed E-state index contributed by atoms with van der Waals surface area (Å²) in [4.78, 5) is 11.9. The van der Waals surface area contributed by atoms with Gasteiger partial charge >= 0.3 is 0 Å². The predicted molar refractivity (Wildman–Crippen MR) is 90.7 cm³/mol. The van der Waals surface area contributed by atoms with Crippen molar-refractivity contribution >= 4 is 34.6 Å². The number of anilines is 2. The molecule has 0 spiro atoms. The third-order valence-electron chi connectivity index (χ3n) is 2.84. The van der Waals surface area contributed by atoms with E-state index >= 15 is 0 Å². The van der Waals surface area contributed by atoms with Crippen molar-refractivity contribution in [3.63, 3.8) is 0 Å². The van der Waals surface area contributed by atoms with Crippen LogP contribution in [0.2, 0.25) is 0 Å². The Balaban J connectivity index is 1.87. The third-order valence-corrected chi connectivity index (χ3v) is 3.05. The average molecular weight is 316 g/mol. The summed E-state index contributed by atoms with van der Waals surface area (Å²) in [6, 6.07) is 14.0. The zero-order valence-electron chi connectivity index (χ0n) is 11.9. The van der Waals surface area contributed by atoms with Crippen molar-refractivity contribution in [3.8, 4) is 5.75 Å². The maximum Gasteiger partial charge on any atom is 0.271 e. The molecule has 0 unspecified atom stereocenters. The number of nitrogen functional groups attached to an aromatic ring is 1. The van der Waals surface area contributed by atoms with Gasteiger partial charge in [-0.15, -0.1) is 0 Å². The number of hydrogen-bond acceptors (Lipinski definition) is 4. The first-order valence-electron chi connectivity index (χ1n) is 6.46. The second-order valence-corrected chi connectivity index (χ2v) is 4.76. The largest absolute Gasteiger partial charge is 0.497 e. The minimum absolute atomic E-state index is 0.257. The number of thiocarbonyl (C=S) groups is 1. The molecule has 22 heavy (non-hydrogen) atoms. The minimum Gasteiger partial charge on any atom is -0.497 e. The zero-order chi connectivity index (χ0) is 15.9. The summed E-state index contributed by atoms with van der Waals surface area (Å²) in [5.41, 5.74) is 12.4. The van der Waals surface area contributed by atoms with E-state index in [0.29, 0.717) is 11.3 Å². The van der Waals surface area contributed by atoms with Crippen molar-refractivity contribution in [2.24, 2.45) is 0 Å². The number of ether oxygens (including phenoxy) is 1. The number of carbonyl (C=O) groups excluding carboxylic acids is 1. The zero-order valence-corrected chi connectivity index (χ0v) is 12.7. The van der Waals surface area contributed by atoms with Crippen molar-refractivity contribution in [1.82, 2.24) is 10.9 Å². The summed E-state index contributed by atoms with van der Waals surface area (Å²) in [5.74, 6) is 0.384. The van der Waals surface area contributed by atoms with E-state index in [9.17, 15) is 4.79 Å². The standard InChI is InChI=1S/C15H16N4O2S/c1-21-11-8-6-10(7-9-11)17-15(22)19-18-14(20)12-4-2-3-5-13(12)16/h2-9H,16H2,1H3,(H,18,20)(H2,17,19,22). The van der Waals surface area contributed by atoms with Gasteiger partial charge in [-0.2, -0.15) is 0 Å². The summed E-state index contributed by atoms with van der Waals surface area (Å²) in [7, 11) is 1.60. The average Bonchev–Trinajstić information content (AvgIpc) is 2.54. The van der Waals surface area contributed by atoms with Crippen LogP contribution in [0.15, 0.2) is 48.5 Å². The Morgan fingerprint density at radius 3 is 2.41 bits per heavy atom. The Morgan fingerprint density at radius 2 is 1.77 bits per heavy atom. The first-order valence-corrected chi connectivity index (χ1v) is 6.87. The van der Waals surface area contributed by atoms with Crippen LogP contribution in [0.1, 0.15) is 10.4 Å². The molecule has 0 bridgehead atoms. The number of hydrogen-bond donors (Lipinski definition) is 4. The molecule has 0 aliphatic heterocycles. The lowest BCUT2D eigenvalue weighted by atomic mass is 10.2. The lowest BCUT2D eigenvalue weighted by molar-refractivity contribution is 0.0945. The van der Waals surface area contributed by atoms with Crippen LogP contribution in [-0.4, -0.2) is 18.1 Å². The summed E-state index contributed by atoms with van der Waals surface area (Å²) >= 11 is 5.10. The van der Waals surface area contributed by atoms with Gasteiger partial charge in [0.05, 0.1) is 12.7 Å². The molecule has 7 heteroatoms. The molecule has 1 amide bonds. The molecule has 0 aliphatic carbocycles. The molecule has 5 N–H and O–H groups in total. The van der Waals surface area contributed by atoms with E-state index in [-0.39, 0.29) is 11.0 Å². The number of rotatable bonds is 3. The van der Waals surface area contributed by atoms with Crippen LogP contribution in [0.25, 0.3) is 0 Å². The van der Waals surface area contributed by atoms with Gasteiger partial charge in [0.1, 0.15) is 5.75 Å². The number of nitrogens with two attached hydrogens (primary N) is 1. The molecule has 0 saturated carbocycles. The summed E-state index contributed by atoms with van der Waals surface area (Å²) in [5, 5.41) is 3.19. The van der Waals surface area contributed by atoms with Crippen molar-refractivity contribution in [2.45, 2.75) is 0 Å². The highest BCUT2D eigenvalue weighted by Gasteiger charge is 2.08. The lowest BCUT2D eigenvalue weighted by Gasteiger charge is -2.12. The van der Waals surface area contributed by atoms with E-state index in [1.54, 1.807) is 43.5 Å². The van der Waals surface area contributed by atoms with Gasteiger partial charge in [-0.25, -0.2) is 0 Å². The molecule has 114 valence electrons. The van der Waals surface area contributed by atoms with Crippen LogP contribution in [0.5, 0.6) is 5.75 Å². The molecule has 2 aromatic carbocycles. The number of nitrogens with one attached hydrogen (secondary N) is 3. The number of hydrazine groups is 1. The molecule has 0 saturated heterocycles. The van der Waals surface area contributed by atoms with Crippen molar-refractivity contribution in [1.29, 1.82) is 0 Å². The molecule has 0 aliphatic rings. The summed E-state index contributed by atoms with van der Waals surface area (Å²) in [6.07, 6.45) is 0. The normalized spacial score (nSPS) is 9.68. The van der Waals surface area contributed by atoms with Gasteiger partial charge in [0.2, 0.25) is 0 Å². The third kappa shape index (κ3) is 4.10. The Bertz CT molecular complexity index is 673. The van der Waals surface area contributed by atoms with Crippen molar-refractivity contribution in [3.05, 3.63) is 54.1 Å². The number of methoxy groups -OCH3 is 1. The van der Waals surface area contributed by atoms with Crippen LogP contribution in [0.4, 0.5) is 11.4 Å². The molecule has 0 atom stereocenters. The second kappa shape index (κ2) is 7.28. The molecule has 0 fully saturated rings. The van der Waals surface area contributed by atoms with Crippen molar-refractivity contribution in [2.75, 3.05) is 18.2 Å². The van der Waals surface area contributed by atoms with Gasteiger partial charge in [-0.1, -0.05) is 12.1 Å². The van der Waals surface area contributed by atoms with Gasteiger partial charge in [0.15, 0.2) is 5.11 Å². The first-order chi connectivity index (χ1) is 10.6. The molecule has 2 aromatic rings. The van der Waals surface area contributed by atoms with Crippen LogP contribution < -0.4 is 26.6 Å². The van der Waals surface area contributed by atoms with Gasteiger partial charge < -0.3 is 15.8 Å². The molecule has 6 nitrogen and oxygen atoms in total. The highest BCUT2D eigenvalue weighted by atomic mass is 32.1. The molecular formula is C15H16N4O2S. The van der Waals surface area contributed by atoms with Crippen LogP contribution >= 0.6 is 12.2 Å². The van der Waals surface area contributed by atoms with E-state index in [2.05, 4.69) is 16.2 Å². The van der Waals surface area contributed by atoms with Gasteiger partial charge in [0, 0.05) is 11.4 Å². The number of benzene rings is 2. The quantitative estimate of drug-likeness (QED) is 0.393. The molecular weight excluding hydrogens is 300 g/mol. The lowest BCUT2D eigenvalue weighted by Crippen LogP contribution is -2.43. The van der Waals surface area contributed by atoms with Gasteiger partial charge in [-0.3, -0.25) is 15.6 Å². The number of carbonyl (C=O) groups is 1. The van der Waals surface area contributed by atoms with Crippen LogP contribution in [0, 0.1) is 0 Å². The Hall–Kier alpha value is -2.80. The fourth-order valence-corrected chi connectivity index (χ4v) is 1.89. The van der Waals surface area contributed by atoms with Crippen molar-refractivity contribution < 1.29 is 9.53 Å². The maximum atomic E-state index is 11.9. The topological polar surface area (TPSA) is 88.4 Å². The minimum atomic E-state index is -0.364. The Morgan fingerprint density at radius 1 is 1.09 bits per heavy atom. The smallest absolute Gasteiger partial charge is 0.271 e. The van der Waals surface area contributed by atoms with Crippen LogP contribution in [-0.2, 0) is 0 Å². The van der Waals surface area contributed by atoms with Crippen LogP contribution in [0.3, 0.4) is 0 Å². The molecule has 0 heterocycles. The Labute approximate surface area is 133 Å². The van der Waals surface area contributed by atoms with Gasteiger partial charge in [0.25, 0.3) is 5.91 Å².